The molecule has 0 bridgehead atoms. The van der Waals surface area contributed by atoms with Gasteiger partial charge in [0.15, 0.2) is 0 Å². The van der Waals surface area contributed by atoms with Crippen LogP contribution in [-0.4, -0.2) is 24.2 Å². The number of rotatable bonds is 6. The number of benzene rings is 1. The fourth-order valence-electron chi connectivity index (χ4n) is 1.76. The van der Waals surface area contributed by atoms with Crippen LogP contribution < -0.4 is 0 Å². The van der Waals surface area contributed by atoms with Gasteiger partial charge in [0.2, 0.25) is 0 Å². The first-order valence-corrected chi connectivity index (χ1v) is 8.12. The van der Waals surface area contributed by atoms with Crippen molar-refractivity contribution in [3.63, 3.8) is 0 Å². The molecule has 102 valence electrons. The lowest BCUT2D eigenvalue weighted by atomic mass is 10.3. The minimum atomic E-state index is -0.121. The Morgan fingerprint density at radius 2 is 2.05 bits per heavy atom. The molecule has 0 N–H and O–H groups in total. The summed E-state index contributed by atoms with van der Waals surface area (Å²) in [5, 5.41) is 2.13. The van der Waals surface area contributed by atoms with Crippen LogP contribution in [0.1, 0.15) is 10.4 Å². The summed E-state index contributed by atoms with van der Waals surface area (Å²) in [6.07, 6.45) is 0. The van der Waals surface area contributed by atoms with Gasteiger partial charge in [-0.2, -0.15) is 0 Å². The summed E-state index contributed by atoms with van der Waals surface area (Å²) in [4.78, 5) is 4.44. The van der Waals surface area contributed by atoms with Crippen molar-refractivity contribution in [1.82, 2.24) is 4.90 Å². The number of thioether (sulfide) groups is 1. The minimum Gasteiger partial charge on any atom is -0.300 e. The van der Waals surface area contributed by atoms with Crippen LogP contribution in [0, 0.1) is 12.7 Å². The molecule has 0 saturated heterocycles. The quantitative estimate of drug-likeness (QED) is 0.726. The molecule has 0 spiro atoms. The Morgan fingerprint density at radius 3 is 2.74 bits per heavy atom. The molecule has 0 unspecified atom stereocenters. The predicted octanol–water partition coefficient (Wildman–Crippen LogP) is 4.42. The van der Waals surface area contributed by atoms with E-state index in [9.17, 15) is 4.39 Å². The van der Waals surface area contributed by atoms with E-state index in [0.717, 1.165) is 23.7 Å². The van der Waals surface area contributed by atoms with E-state index >= 15 is 0 Å². The van der Waals surface area contributed by atoms with Crippen molar-refractivity contribution in [2.75, 3.05) is 19.3 Å². The molecule has 0 atom stereocenters. The summed E-state index contributed by atoms with van der Waals surface area (Å²) in [5.41, 5.74) is 1.36. The predicted molar refractivity (Wildman–Crippen MR) is 82.5 cm³/mol. The zero-order chi connectivity index (χ0) is 13.7. The normalized spacial score (nSPS) is 11.2. The van der Waals surface area contributed by atoms with Crippen molar-refractivity contribution in [3.8, 4) is 0 Å². The lowest BCUT2D eigenvalue weighted by Gasteiger charge is -2.16. The van der Waals surface area contributed by atoms with E-state index in [0.29, 0.717) is 0 Å². The van der Waals surface area contributed by atoms with E-state index in [1.807, 2.05) is 12.1 Å². The van der Waals surface area contributed by atoms with Crippen LogP contribution in [-0.2, 0) is 6.54 Å². The molecular formula is C15H18FNS2. The number of hydrogen-bond acceptors (Lipinski definition) is 3. The van der Waals surface area contributed by atoms with Crippen LogP contribution in [0.2, 0.25) is 0 Å². The molecule has 2 aromatic rings. The van der Waals surface area contributed by atoms with Gasteiger partial charge in [0.25, 0.3) is 0 Å². The van der Waals surface area contributed by atoms with Crippen LogP contribution in [0.3, 0.4) is 0 Å². The first-order valence-electron chi connectivity index (χ1n) is 6.25. The van der Waals surface area contributed by atoms with E-state index in [4.69, 9.17) is 0 Å². The fraction of sp³-hybridized carbons (Fsp3) is 0.333. The molecular weight excluding hydrogens is 277 g/mol. The van der Waals surface area contributed by atoms with Gasteiger partial charge in [-0.05, 0) is 43.1 Å². The number of hydrogen-bond donors (Lipinski definition) is 0. The zero-order valence-electron chi connectivity index (χ0n) is 11.2. The van der Waals surface area contributed by atoms with Crippen LogP contribution in [0.15, 0.2) is 40.6 Å². The Bertz CT molecular complexity index is 524. The smallest absolute Gasteiger partial charge is 0.136 e. The summed E-state index contributed by atoms with van der Waals surface area (Å²) in [7, 11) is 2.11. The topological polar surface area (TPSA) is 3.24 Å². The SMILES string of the molecule is Cc1ccsc1CN(C)CCSc1ccccc1F. The minimum absolute atomic E-state index is 0.121. The number of halogens is 1. The number of nitrogens with zero attached hydrogens (tertiary/aromatic N) is 1. The van der Waals surface area contributed by atoms with Crippen molar-refractivity contribution in [2.45, 2.75) is 18.4 Å². The molecule has 19 heavy (non-hydrogen) atoms. The maximum absolute atomic E-state index is 13.4. The van der Waals surface area contributed by atoms with Crippen molar-refractivity contribution < 1.29 is 4.39 Å². The summed E-state index contributed by atoms with van der Waals surface area (Å²) in [6, 6.07) is 9.11. The van der Waals surface area contributed by atoms with Crippen LogP contribution in [0.25, 0.3) is 0 Å². The van der Waals surface area contributed by atoms with Gasteiger partial charge in [0, 0.05) is 28.6 Å². The molecule has 1 heterocycles. The monoisotopic (exact) mass is 295 g/mol. The molecule has 0 radical (unpaired) electrons. The second-order valence-corrected chi connectivity index (χ2v) is 6.68. The number of aryl methyl sites for hydroxylation is 1. The van der Waals surface area contributed by atoms with Gasteiger partial charge in [-0.3, -0.25) is 0 Å². The Kier molecular flexibility index (Phi) is 5.43. The average Bonchev–Trinajstić information content (AvgIpc) is 2.77. The fourth-order valence-corrected chi connectivity index (χ4v) is 3.75. The molecule has 1 aromatic carbocycles. The third-order valence-corrected chi connectivity index (χ3v) is 4.99. The summed E-state index contributed by atoms with van der Waals surface area (Å²) in [5.74, 6) is 0.784. The Hall–Kier alpha value is -0.840. The Labute approximate surface area is 122 Å². The van der Waals surface area contributed by atoms with Crippen molar-refractivity contribution >= 4 is 23.1 Å². The van der Waals surface area contributed by atoms with E-state index in [-0.39, 0.29) is 5.82 Å². The van der Waals surface area contributed by atoms with E-state index in [1.54, 1.807) is 29.2 Å². The molecule has 1 aromatic heterocycles. The molecule has 0 saturated carbocycles. The largest absolute Gasteiger partial charge is 0.300 e. The Balaban J connectivity index is 1.77. The van der Waals surface area contributed by atoms with E-state index < -0.39 is 0 Å². The lowest BCUT2D eigenvalue weighted by Crippen LogP contribution is -2.20. The second kappa shape index (κ2) is 7.08. The van der Waals surface area contributed by atoms with Crippen LogP contribution in [0.4, 0.5) is 4.39 Å². The van der Waals surface area contributed by atoms with E-state index in [1.165, 1.54) is 16.5 Å². The molecule has 1 nitrogen and oxygen atoms in total. The summed E-state index contributed by atoms with van der Waals surface area (Å²) in [6.45, 7) is 4.07. The highest BCUT2D eigenvalue weighted by Crippen LogP contribution is 2.22. The number of thiophene rings is 1. The summed E-state index contributed by atoms with van der Waals surface area (Å²) >= 11 is 3.38. The van der Waals surface area contributed by atoms with Crippen molar-refractivity contribution in [2.24, 2.45) is 0 Å². The first-order chi connectivity index (χ1) is 9.16. The highest BCUT2D eigenvalue weighted by atomic mass is 32.2. The summed E-state index contributed by atoms with van der Waals surface area (Å²) < 4.78 is 13.4. The van der Waals surface area contributed by atoms with Gasteiger partial charge in [0.1, 0.15) is 5.82 Å². The maximum atomic E-state index is 13.4. The van der Waals surface area contributed by atoms with Gasteiger partial charge in [-0.25, -0.2) is 4.39 Å². The maximum Gasteiger partial charge on any atom is 0.136 e. The van der Waals surface area contributed by atoms with Gasteiger partial charge >= 0.3 is 0 Å². The Morgan fingerprint density at radius 1 is 1.26 bits per heavy atom. The van der Waals surface area contributed by atoms with Crippen molar-refractivity contribution in [3.05, 3.63) is 52.0 Å². The molecule has 2 rings (SSSR count). The van der Waals surface area contributed by atoms with Crippen LogP contribution in [0.5, 0.6) is 0 Å². The molecule has 0 aliphatic rings. The third kappa shape index (κ3) is 4.34. The second-order valence-electron chi connectivity index (χ2n) is 4.54. The molecule has 4 heteroatoms. The van der Waals surface area contributed by atoms with E-state index in [2.05, 4.69) is 30.3 Å². The highest BCUT2D eigenvalue weighted by Gasteiger charge is 2.06. The third-order valence-electron chi connectivity index (χ3n) is 2.95. The molecule has 0 amide bonds. The van der Waals surface area contributed by atoms with Gasteiger partial charge in [0.05, 0.1) is 0 Å². The van der Waals surface area contributed by atoms with Crippen LogP contribution >= 0.6 is 23.1 Å². The van der Waals surface area contributed by atoms with Crippen molar-refractivity contribution in [1.29, 1.82) is 0 Å². The van der Waals surface area contributed by atoms with Gasteiger partial charge in [-0.1, -0.05) is 12.1 Å². The lowest BCUT2D eigenvalue weighted by molar-refractivity contribution is 0.351. The van der Waals surface area contributed by atoms with Gasteiger partial charge < -0.3 is 4.90 Å². The standard InChI is InChI=1S/C15H18FNS2/c1-12-7-9-18-15(12)11-17(2)8-10-19-14-6-4-3-5-13(14)16/h3-7,9H,8,10-11H2,1-2H3. The zero-order valence-corrected chi connectivity index (χ0v) is 12.9. The van der Waals surface area contributed by atoms with Gasteiger partial charge in [-0.15, -0.1) is 23.1 Å². The molecule has 0 aliphatic heterocycles. The molecule has 0 aliphatic carbocycles. The molecule has 0 fully saturated rings. The highest BCUT2D eigenvalue weighted by molar-refractivity contribution is 7.99. The first kappa shape index (κ1) is 14.6. The average molecular weight is 295 g/mol.